The lowest BCUT2D eigenvalue weighted by Gasteiger charge is -2.26. The highest BCUT2D eigenvalue weighted by atomic mass is 32.1. The maximum atomic E-state index is 11.8. The van der Waals surface area contributed by atoms with Crippen LogP contribution in [0.3, 0.4) is 0 Å². The van der Waals surface area contributed by atoms with E-state index < -0.39 is 5.97 Å². The van der Waals surface area contributed by atoms with Gasteiger partial charge in [0.2, 0.25) is 0 Å². The molecule has 24 heavy (non-hydrogen) atoms. The van der Waals surface area contributed by atoms with Crippen LogP contribution in [0.2, 0.25) is 0 Å². The minimum atomic E-state index is -0.621. The number of carbonyl (C=O) groups excluding carboxylic acids is 3. The van der Waals surface area contributed by atoms with Crippen LogP contribution in [-0.2, 0) is 14.3 Å². The molecule has 0 spiro atoms. The van der Waals surface area contributed by atoms with Gasteiger partial charge in [0.05, 0.1) is 4.88 Å². The number of aryl methyl sites for hydroxylation is 1. The molecule has 132 valence electrons. The third-order valence-corrected chi connectivity index (χ3v) is 5.10. The molecule has 0 bridgehead atoms. The van der Waals surface area contributed by atoms with E-state index in [0.717, 1.165) is 30.6 Å². The van der Waals surface area contributed by atoms with Gasteiger partial charge in [-0.05, 0) is 50.7 Å². The molecule has 0 radical (unpaired) electrons. The lowest BCUT2D eigenvalue weighted by Crippen LogP contribution is -2.40. The van der Waals surface area contributed by atoms with Gasteiger partial charge in [0.1, 0.15) is 6.54 Å². The topological polar surface area (TPSA) is 84.5 Å². The van der Waals surface area contributed by atoms with Gasteiger partial charge in [-0.3, -0.25) is 14.4 Å². The number of nitrogens with one attached hydrogen (secondary N) is 2. The van der Waals surface area contributed by atoms with Gasteiger partial charge in [0.25, 0.3) is 11.8 Å². The van der Waals surface area contributed by atoms with Gasteiger partial charge < -0.3 is 15.4 Å². The van der Waals surface area contributed by atoms with Crippen molar-refractivity contribution in [1.29, 1.82) is 0 Å². The Labute approximate surface area is 146 Å². The number of thiophene rings is 1. The van der Waals surface area contributed by atoms with E-state index in [9.17, 15) is 14.4 Å². The Hall–Kier alpha value is -1.89. The fourth-order valence-electron chi connectivity index (χ4n) is 2.67. The first-order chi connectivity index (χ1) is 11.4. The van der Waals surface area contributed by atoms with E-state index in [1.54, 1.807) is 6.07 Å². The molecule has 1 aromatic rings. The van der Waals surface area contributed by atoms with Gasteiger partial charge in [-0.1, -0.05) is 6.92 Å². The Morgan fingerprint density at radius 3 is 2.54 bits per heavy atom. The lowest BCUT2D eigenvalue weighted by atomic mass is 9.87. The van der Waals surface area contributed by atoms with Crippen molar-refractivity contribution in [3.8, 4) is 0 Å². The number of hydrogen-bond acceptors (Lipinski definition) is 5. The molecule has 0 saturated heterocycles. The molecular weight excluding hydrogens is 328 g/mol. The molecule has 2 amide bonds. The smallest absolute Gasteiger partial charge is 0.325 e. The summed E-state index contributed by atoms with van der Waals surface area (Å²) in [5, 5.41) is 5.37. The molecule has 0 aromatic carbocycles. The normalized spacial score (nSPS) is 20.2. The van der Waals surface area contributed by atoms with Gasteiger partial charge in [0, 0.05) is 10.9 Å². The van der Waals surface area contributed by atoms with Gasteiger partial charge >= 0.3 is 5.97 Å². The monoisotopic (exact) mass is 352 g/mol. The lowest BCUT2D eigenvalue weighted by molar-refractivity contribution is -0.147. The summed E-state index contributed by atoms with van der Waals surface area (Å²) in [6, 6.07) is 3.72. The molecule has 1 aromatic heterocycles. The largest absolute Gasteiger partial charge is 0.454 e. The van der Waals surface area contributed by atoms with Crippen molar-refractivity contribution in [3.05, 3.63) is 21.9 Å². The van der Waals surface area contributed by atoms with Crippen LogP contribution in [0.4, 0.5) is 0 Å². The van der Waals surface area contributed by atoms with E-state index in [-0.39, 0.29) is 31.0 Å². The molecular formula is C17H24N2O4S. The third-order valence-electron chi connectivity index (χ3n) is 4.10. The Morgan fingerprint density at radius 2 is 1.92 bits per heavy atom. The summed E-state index contributed by atoms with van der Waals surface area (Å²) in [4.78, 5) is 36.8. The van der Waals surface area contributed by atoms with Crippen molar-refractivity contribution in [1.82, 2.24) is 10.6 Å². The van der Waals surface area contributed by atoms with Crippen LogP contribution in [0, 0.1) is 12.8 Å². The van der Waals surface area contributed by atoms with Crippen molar-refractivity contribution in [2.24, 2.45) is 5.92 Å². The average Bonchev–Trinajstić information content (AvgIpc) is 2.99. The molecule has 1 heterocycles. The average molecular weight is 352 g/mol. The Morgan fingerprint density at radius 1 is 1.21 bits per heavy atom. The zero-order chi connectivity index (χ0) is 17.5. The van der Waals surface area contributed by atoms with Crippen molar-refractivity contribution < 1.29 is 19.1 Å². The maximum absolute atomic E-state index is 11.8. The Kier molecular flexibility index (Phi) is 6.78. The summed E-state index contributed by atoms with van der Waals surface area (Å²) in [5.41, 5.74) is 0. The second-order valence-corrected chi connectivity index (χ2v) is 7.57. The van der Waals surface area contributed by atoms with Crippen LogP contribution in [0.5, 0.6) is 0 Å². The van der Waals surface area contributed by atoms with Gasteiger partial charge in [-0.25, -0.2) is 0 Å². The highest BCUT2D eigenvalue weighted by Crippen LogP contribution is 2.23. The van der Waals surface area contributed by atoms with Crippen molar-refractivity contribution in [2.45, 2.75) is 45.6 Å². The zero-order valence-corrected chi connectivity index (χ0v) is 14.9. The molecule has 2 N–H and O–H groups in total. The molecule has 6 nitrogen and oxygen atoms in total. The van der Waals surface area contributed by atoms with Crippen LogP contribution >= 0.6 is 11.3 Å². The van der Waals surface area contributed by atoms with Gasteiger partial charge in [-0.2, -0.15) is 0 Å². The number of amides is 2. The Balaban J connectivity index is 1.62. The molecule has 2 rings (SSSR count). The summed E-state index contributed by atoms with van der Waals surface area (Å²) in [6.07, 6.45) is 4.16. The number of carbonyl (C=O) groups is 3. The van der Waals surface area contributed by atoms with E-state index in [1.807, 2.05) is 13.0 Å². The SMILES string of the molecule is Cc1ccc(C(=O)NCC(=O)OCC(=O)NC2CCC(C)CC2)s1. The van der Waals surface area contributed by atoms with Crippen LogP contribution in [0.25, 0.3) is 0 Å². The first kappa shape index (κ1) is 18.4. The molecule has 0 aliphatic heterocycles. The van der Waals surface area contributed by atoms with Crippen LogP contribution in [0.1, 0.15) is 47.2 Å². The van der Waals surface area contributed by atoms with E-state index in [1.165, 1.54) is 11.3 Å². The number of hydrogen-bond donors (Lipinski definition) is 2. The predicted molar refractivity (Wildman–Crippen MR) is 91.9 cm³/mol. The Bertz CT molecular complexity index is 591. The van der Waals surface area contributed by atoms with E-state index in [2.05, 4.69) is 17.6 Å². The quantitative estimate of drug-likeness (QED) is 0.767. The number of ether oxygens (including phenoxy) is 1. The maximum Gasteiger partial charge on any atom is 0.325 e. The van der Waals surface area contributed by atoms with E-state index >= 15 is 0 Å². The molecule has 7 heteroatoms. The van der Waals surface area contributed by atoms with Gasteiger partial charge in [-0.15, -0.1) is 11.3 Å². The van der Waals surface area contributed by atoms with Crippen molar-refractivity contribution in [2.75, 3.05) is 13.2 Å². The highest BCUT2D eigenvalue weighted by molar-refractivity contribution is 7.13. The first-order valence-electron chi connectivity index (χ1n) is 8.23. The zero-order valence-electron chi connectivity index (χ0n) is 14.1. The molecule has 1 saturated carbocycles. The van der Waals surface area contributed by atoms with E-state index in [4.69, 9.17) is 4.74 Å². The van der Waals surface area contributed by atoms with Crippen molar-refractivity contribution >= 4 is 29.1 Å². The molecule has 0 atom stereocenters. The van der Waals surface area contributed by atoms with E-state index in [0.29, 0.717) is 10.8 Å². The minimum Gasteiger partial charge on any atom is -0.454 e. The second-order valence-electron chi connectivity index (χ2n) is 6.28. The van der Waals surface area contributed by atoms with Gasteiger partial charge in [0.15, 0.2) is 6.61 Å². The predicted octanol–water partition coefficient (Wildman–Crippen LogP) is 2.02. The standard InChI is InChI=1S/C17H24N2O4S/c1-11-3-6-13(7-4-11)19-15(20)10-23-16(21)9-18-17(22)14-8-5-12(2)24-14/h5,8,11,13H,3-4,6-7,9-10H2,1-2H3,(H,18,22)(H,19,20). The molecule has 0 unspecified atom stereocenters. The molecule has 1 fully saturated rings. The number of rotatable bonds is 6. The summed E-state index contributed by atoms with van der Waals surface area (Å²) in [6.45, 7) is 3.57. The van der Waals surface area contributed by atoms with Crippen LogP contribution in [-0.4, -0.2) is 37.0 Å². The molecule has 1 aliphatic rings. The third kappa shape index (κ3) is 5.96. The van der Waals surface area contributed by atoms with Crippen molar-refractivity contribution in [3.63, 3.8) is 0 Å². The second kappa shape index (κ2) is 8.82. The summed E-state index contributed by atoms with van der Waals surface area (Å²) in [5.74, 6) is -0.510. The van der Waals surface area contributed by atoms with Crippen LogP contribution < -0.4 is 10.6 Å². The summed E-state index contributed by atoms with van der Waals surface area (Å²) >= 11 is 1.36. The fraction of sp³-hybridized carbons (Fsp3) is 0.588. The first-order valence-corrected chi connectivity index (χ1v) is 9.05. The fourth-order valence-corrected chi connectivity index (χ4v) is 3.45. The minimum absolute atomic E-state index is 0.175. The summed E-state index contributed by atoms with van der Waals surface area (Å²) < 4.78 is 4.90. The highest BCUT2D eigenvalue weighted by Gasteiger charge is 2.20. The number of esters is 1. The van der Waals surface area contributed by atoms with Crippen LogP contribution in [0.15, 0.2) is 12.1 Å². The summed E-state index contributed by atoms with van der Waals surface area (Å²) in [7, 11) is 0. The molecule has 1 aliphatic carbocycles.